The van der Waals surface area contributed by atoms with Gasteiger partial charge in [0.1, 0.15) is 5.56 Å². The third-order valence-corrected chi connectivity index (χ3v) is 5.51. The molecule has 0 bridgehead atoms. The summed E-state index contributed by atoms with van der Waals surface area (Å²) in [6, 6.07) is 1.51. The van der Waals surface area contributed by atoms with E-state index in [9.17, 15) is 9.90 Å². The van der Waals surface area contributed by atoms with Crippen molar-refractivity contribution in [2.24, 2.45) is 7.05 Å². The standard InChI is InChI=1S/C17H19N3O5S/c1-19-5-4-8-6-9-13(25-7-24-9)14(23-3)10(8)12(19)11-15(21)18-17(26)20(2)16(11)22/h6,12,22H,4-5,7H2,1-3H3,(H,18,21,26)/p+1/t12-/m1/s1. The molecule has 0 radical (unpaired) electrons. The molecule has 1 unspecified atom stereocenters. The smallest absolute Gasteiger partial charge is 0.265 e. The number of nitrogens with one attached hydrogen (secondary N) is 2. The summed E-state index contributed by atoms with van der Waals surface area (Å²) in [6.45, 7) is 0.923. The molecule has 2 aliphatic rings. The van der Waals surface area contributed by atoms with Crippen LogP contribution >= 0.6 is 12.2 Å². The lowest BCUT2D eigenvalue weighted by molar-refractivity contribution is -0.908. The average molecular weight is 378 g/mol. The third kappa shape index (κ3) is 2.31. The molecule has 8 nitrogen and oxygen atoms in total. The minimum atomic E-state index is -0.422. The van der Waals surface area contributed by atoms with Crippen LogP contribution in [0, 0.1) is 4.77 Å². The van der Waals surface area contributed by atoms with E-state index in [1.54, 1.807) is 14.2 Å². The molecule has 4 rings (SSSR count). The molecule has 0 aliphatic carbocycles. The van der Waals surface area contributed by atoms with Gasteiger partial charge in [-0.2, -0.15) is 0 Å². The van der Waals surface area contributed by atoms with Gasteiger partial charge in [-0.05, 0) is 23.8 Å². The topological polar surface area (TPSA) is 90.2 Å². The highest BCUT2D eigenvalue weighted by Crippen LogP contribution is 2.48. The second-order valence-corrected chi connectivity index (χ2v) is 6.94. The van der Waals surface area contributed by atoms with E-state index in [-0.39, 0.29) is 23.0 Å². The summed E-state index contributed by atoms with van der Waals surface area (Å²) < 4.78 is 18.3. The van der Waals surface area contributed by atoms with E-state index in [4.69, 9.17) is 26.4 Å². The van der Waals surface area contributed by atoms with Crippen molar-refractivity contribution >= 4 is 12.2 Å². The van der Waals surface area contributed by atoms with Crippen LogP contribution in [0.25, 0.3) is 0 Å². The van der Waals surface area contributed by atoms with Crippen LogP contribution in [0.15, 0.2) is 10.9 Å². The number of aromatic hydroxyl groups is 1. The molecular weight excluding hydrogens is 358 g/mol. The highest BCUT2D eigenvalue weighted by Gasteiger charge is 2.40. The summed E-state index contributed by atoms with van der Waals surface area (Å²) in [5.41, 5.74) is 1.71. The molecule has 3 heterocycles. The minimum Gasteiger partial charge on any atom is -0.494 e. The molecule has 0 fully saturated rings. The summed E-state index contributed by atoms with van der Waals surface area (Å²) in [6.07, 6.45) is 0.800. The van der Waals surface area contributed by atoms with E-state index >= 15 is 0 Å². The first-order valence-electron chi connectivity index (χ1n) is 8.27. The van der Waals surface area contributed by atoms with E-state index in [0.717, 1.165) is 29.0 Å². The number of H-pyrrole nitrogens is 1. The molecule has 2 aliphatic heterocycles. The zero-order valence-electron chi connectivity index (χ0n) is 14.7. The molecule has 2 atom stereocenters. The Bertz CT molecular complexity index is 1010. The van der Waals surface area contributed by atoms with Crippen LogP contribution < -0.4 is 24.7 Å². The molecule has 2 aromatic rings. The van der Waals surface area contributed by atoms with E-state index < -0.39 is 11.6 Å². The first kappa shape index (κ1) is 16.9. The molecule has 9 heteroatoms. The second kappa shape index (κ2) is 6.03. The van der Waals surface area contributed by atoms with Crippen molar-refractivity contribution in [1.82, 2.24) is 9.55 Å². The molecule has 138 valence electrons. The summed E-state index contributed by atoms with van der Waals surface area (Å²) >= 11 is 5.09. The van der Waals surface area contributed by atoms with E-state index in [0.29, 0.717) is 17.2 Å². The maximum atomic E-state index is 12.7. The van der Waals surface area contributed by atoms with Gasteiger partial charge < -0.3 is 24.2 Å². The molecular formula is C17H20N3O5S+. The van der Waals surface area contributed by atoms with Gasteiger partial charge in [0.2, 0.25) is 18.4 Å². The maximum absolute atomic E-state index is 12.7. The fourth-order valence-electron chi connectivity index (χ4n) is 3.80. The summed E-state index contributed by atoms with van der Waals surface area (Å²) in [5, 5.41) is 10.7. The fraction of sp³-hybridized carbons (Fsp3) is 0.412. The number of fused-ring (bicyclic) bond motifs is 2. The predicted octanol–water partition coefficient (Wildman–Crippen LogP) is 0.0460. The fourth-order valence-corrected chi connectivity index (χ4v) is 3.98. The van der Waals surface area contributed by atoms with E-state index in [2.05, 4.69) is 4.98 Å². The van der Waals surface area contributed by atoms with Crippen molar-refractivity contribution in [2.45, 2.75) is 12.5 Å². The number of likely N-dealkylation sites (N-methyl/N-ethyl adjacent to an activating group) is 1. The SMILES string of the molecule is COc1c2c(cc3c1[C@H](c1c(O)n(C)c(=S)[nH]c1=O)[NH+](C)CC3)OCO2. The van der Waals surface area contributed by atoms with Crippen molar-refractivity contribution in [1.29, 1.82) is 0 Å². The van der Waals surface area contributed by atoms with Gasteiger partial charge in [0.15, 0.2) is 22.3 Å². The van der Waals surface area contributed by atoms with Gasteiger partial charge in [0.05, 0.1) is 26.3 Å². The summed E-state index contributed by atoms with van der Waals surface area (Å²) in [7, 11) is 5.17. The summed E-state index contributed by atoms with van der Waals surface area (Å²) in [5.74, 6) is 1.58. The highest BCUT2D eigenvalue weighted by molar-refractivity contribution is 7.71. The van der Waals surface area contributed by atoms with Gasteiger partial charge in [-0.15, -0.1) is 0 Å². The lowest BCUT2D eigenvalue weighted by Gasteiger charge is -2.33. The Morgan fingerprint density at radius 1 is 1.42 bits per heavy atom. The van der Waals surface area contributed by atoms with E-state index in [1.807, 2.05) is 13.1 Å². The van der Waals surface area contributed by atoms with Crippen LogP contribution in [-0.2, 0) is 13.5 Å². The highest BCUT2D eigenvalue weighted by atomic mass is 32.1. The van der Waals surface area contributed by atoms with E-state index in [1.165, 1.54) is 4.57 Å². The normalized spacial score (nSPS) is 20.7. The molecule has 0 spiro atoms. The Hall–Kier alpha value is -2.52. The van der Waals surface area contributed by atoms with Crippen molar-refractivity contribution in [3.63, 3.8) is 0 Å². The number of benzene rings is 1. The molecule has 1 aromatic carbocycles. The Morgan fingerprint density at radius 2 is 2.19 bits per heavy atom. The Balaban J connectivity index is 2.03. The number of aromatic amines is 1. The number of aromatic nitrogens is 2. The van der Waals surface area contributed by atoms with Gasteiger partial charge in [-0.3, -0.25) is 14.3 Å². The van der Waals surface area contributed by atoms with Gasteiger partial charge in [0, 0.05) is 13.5 Å². The Kier molecular flexibility index (Phi) is 3.92. The van der Waals surface area contributed by atoms with Crippen LogP contribution in [0.5, 0.6) is 23.1 Å². The van der Waals surface area contributed by atoms with Crippen LogP contribution in [-0.4, -0.2) is 42.2 Å². The number of quaternary nitrogens is 1. The first-order chi connectivity index (χ1) is 12.4. The minimum absolute atomic E-state index is 0.132. The number of hydrogen-bond acceptors (Lipinski definition) is 6. The predicted molar refractivity (Wildman–Crippen MR) is 95.0 cm³/mol. The van der Waals surface area contributed by atoms with Crippen molar-refractivity contribution in [3.05, 3.63) is 37.9 Å². The van der Waals surface area contributed by atoms with Gasteiger partial charge in [-0.1, -0.05) is 0 Å². The molecule has 1 aromatic heterocycles. The molecule has 26 heavy (non-hydrogen) atoms. The number of methoxy groups -OCH3 is 1. The molecule has 0 saturated carbocycles. The second-order valence-electron chi connectivity index (χ2n) is 6.55. The number of hydrogen-bond donors (Lipinski definition) is 3. The number of rotatable bonds is 2. The quantitative estimate of drug-likeness (QED) is 0.640. The van der Waals surface area contributed by atoms with Crippen molar-refractivity contribution in [3.8, 4) is 23.1 Å². The monoisotopic (exact) mass is 378 g/mol. The first-order valence-corrected chi connectivity index (χ1v) is 8.68. The lowest BCUT2D eigenvalue weighted by atomic mass is 9.87. The average Bonchev–Trinajstić information content (AvgIpc) is 3.08. The molecule has 0 amide bonds. The molecule has 0 saturated heterocycles. The Labute approximate surface area is 154 Å². The maximum Gasteiger partial charge on any atom is 0.265 e. The lowest BCUT2D eigenvalue weighted by Crippen LogP contribution is -3.10. The van der Waals surface area contributed by atoms with Gasteiger partial charge in [-0.25, -0.2) is 0 Å². The number of ether oxygens (including phenoxy) is 3. The van der Waals surface area contributed by atoms with Gasteiger partial charge >= 0.3 is 0 Å². The van der Waals surface area contributed by atoms with Crippen molar-refractivity contribution < 1.29 is 24.2 Å². The van der Waals surface area contributed by atoms with Crippen molar-refractivity contribution in [2.75, 3.05) is 27.5 Å². The van der Waals surface area contributed by atoms with Crippen LogP contribution in [0.3, 0.4) is 0 Å². The zero-order valence-corrected chi connectivity index (χ0v) is 15.5. The molecule has 3 N–H and O–H groups in total. The van der Waals surface area contributed by atoms with Crippen LogP contribution in [0.4, 0.5) is 0 Å². The van der Waals surface area contributed by atoms with Gasteiger partial charge in [0.25, 0.3) is 5.56 Å². The van der Waals surface area contributed by atoms with Crippen LogP contribution in [0.1, 0.15) is 22.7 Å². The largest absolute Gasteiger partial charge is 0.494 e. The number of nitrogens with zero attached hydrogens (tertiary/aromatic N) is 1. The summed E-state index contributed by atoms with van der Waals surface area (Å²) in [4.78, 5) is 16.4. The zero-order chi connectivity index (χ0) is 18.6. The van der Waals surface area contributed by atoms with Crippen LogP contribution in [0.2, 0.25) is 0 Å². The third-order valence-electron chi connectivity index (χ3n) is 5.13. The Morgan fingerprint density at radius 3 is 2.92 bits per heavy atom.